The van der Waals surface area contributed by atoms with E-state index < -0.39 is 23.4 Å². The van der Waals surface area contributed by atoms with Gasteiger partial charge in [-0.3, -0.25) is 19.3 Å². The summed E-state index contributed by atoms with van der Waals surface area (Å²) in [6.45, 7) is 0.714. The van der Waals surface area contributed by atoms with E-state index in [0.29, 0.717) is 25.1 Å². The molecule has 2 fully saturated rings. The Morgan fingerprint density at radius 1 is 1.15 bits per heavy atom. The van der Waals surface area contributed by atoms with Crippen LogP contribution in [0.15, 0.2) is 42.5 Å². The van der Waals surface area contributed by atoms with Gasteiger partial charge in [-0.15, -0.1) is 0 Å². The Bertz CT molecular complexity index is 1320. The van der Waals surface area contributed by atoms with Crippen molar-refractivity contribution in [2.24, 2.45) is 0 Å². The van der Waals surface area contributed by atoms with Crippen molar-refractivity contribution < 1.29 is 23.9 Å². The highest BCUT2D eigenvalue weighted by atomic mass is 35.5. The summed E-state index contributed by atoms with van der Waals surface area (Å²) in [5, 5.41) is 12.6. The summed E-state index contributed by atoms with van der Waals surface area (Å²) in [7, 11) is 2.88. The summed E-state index contributed by atoms with van der Waals surface area (Å²) >= 11 is 12.3. The number of likely N-dealkylation sites (tertiary alicyclic amines) is 1. The van der Waals surface area contributed by atoms with Gasteiger partial charge in [-0.2, -0.15) is 5.26 Å². The number of carbonyl (C=O) groups excluding carboxylic acids is 4. The van der Waals surface area contributed by atoms with Crippen LogP contribution in [0.3, 0.4) is 0 Å². The van der Waals surface area contributed by atoms with E-state index in [1.165, 1.54) is 30.2 Å². The molecular formula is C27H27Cl2N5O5. The van der Waals surface area contributed by atoms with Crippen LogP contribution in [-0.4, -0.2) is 79.5 Å². The Balaban J connectivity index is 1.62. The molecule has 4 rings (SSSR count). The second-order valence-corrected chi connectivity index (χ2v) is 10.4. The van der Waals surface area contributed by atoms with Gasteiger partial charge in [0, 0.05) is 49.1 Å². The second-order valence-electron chi connectivity index (χ2n) is 9.52. The molecule has 0 unspecified atom stereocenters. The predicted molar refractivity (Wildman–Crippen MR) is 144 cm³/mol. The van der Waals surface area contributed by atoms with Gasteiger partial charge in [0.05, 0.1) is 31.0 Å². The van der Waals surface area contributed by atoms with E-state index in [1.54, 1.807) is 31.3 Å². The Morgan fingerprint density at radius 3 is 2.44 bits per heavy atom. The molecule has 4 amide bonds. The van der Waals surface area contributed by atoms with E-state index in [0.717, 1.165) is 10.5 Å². The van der Waals surface area contributed by atoms with Crippen LogP contribution in [0.4, 0.5) is 10.5 Å². The monoisotopic (exact) mass is 571 g/mol. The highest BCUT2D eigenvalue weighted by Gasteiger charge is 2.64. The van der Waals surface area contributed by atoms with Crippen LogP contribution >= 0.6 is 23.2 Å². The van der Waals surface area contributed by atoms with Gasteiger partial charge in [0.25, 0.3) is 5.91 Å². The summed E-state index contributed by atoms with van der Waals surface area (Å²) < 4.78 is 4.61. The first-order chi connectivity index (χ1) is 18.6. The molecule has 2 aromatic carbocycles. The van der Waals surface area contributed by atoms with Crippen molar-refractivity contribution in [1.29, 1.82) is 5.26 Å². The molecule has 2 saturated heterocycles. The maximum Gasteiger partial charge on any atom is 0.332 e. The molecule has 12 heteroatoms. The van der Waals surface area contributed by atoms with Gasteiger partial charge in [0.2, 0.25) is 5.91 Å². The minimum absolute atomic E-state index is 0.00887. The second kappa shape index (κ2) is 11.6. The van der Waals surface area contributed by atoms with Crippen molar-refractivity contribution in [3.63, 3.8) is 0 Å². The van der Waals surface area contributed by atoms with Crippen LogP contribution in [0.1, 0.15) is 29.9 Å². The smallest absolute Gasteiger partial charge is 0.332 e. The first kappa shape index (κ1) is 28.4. The molecule has 2 aliphatic heterocycles. The van der Waals surface area contributed by atoms with Gasteiger partial charge in [-0.05, 0) is 42.3 Å². The summed E-state index contributed by atoms with van der Waals surface area (Å²) in [5.74, 6) is -1.57. The lowest BCUT2D eigenvalue weighted by Crippen LogP contribution is -2.54. The summed E-state index contributed by atoms with van der Waals surface area (Å²) in [4.78, 5) is 56.0. The molecule has 10 nitrogen and oxygen atoms in total. The molecule has 0 radical (unpaired) electrons. The predicted octanol–water partition coefficient (Wildman–Crippen LogP) is 3.17. The number of nitrogens with zero attached hydrogens (tertiary/aromatic N) is 4. The number of halogens is 2. The fourth-order valence-corrected chi connectivity index (χ4v) is 5.75. The molecule has 2 aromatic rings. The van der Waals surface area contributed by atoms with Crippen molar-refractivity contribution in [1.82, 2.24) is 15.1 Å². The third-order valence-electron chi connectivity index (χ3n) is 7.15. The average Bonchev–Trinajstić information content (AvgIpc) is 3.37. The lowest BCUT2D eigenvalue weighted by Gasteiger charge is -2.34. The number of amides is 4. The molecule has 0 aliphatic carbocycles. The maximum atomic E-state index is 14.2. The first-order valence-electron chi connectivity index (χ1n) is 12.2. The molecular weight excluding hydrogens is 545 g/mol. The van der Waals surface area contributed by atoms with Gasteiger partial charge in [-0.25, -0.2) is 9.69 Å². The van der Waals surface area contributed by atoms with Crippen molar-refractivity contribution >= 4 is 52.7 Å². The molecule has 39 heavy (non-hydrogen) atoms. The number of urea groups is 1. The lowest BCUT2D eigenvalue weighted by atomic mass is 9.80. The molecule has 2 atom stereocenters. The van der Waals surface area contributed by atoms with Crippen LogP contribution < -0.4 is 10.2 Å². The normalized spacial score (nSPS) is 20.9. The number of ether oxygens (including phenoxy) is 1. The SMILES string of the molecule is COC(=O)CCCNC(=O)CN1C[C@@H](c2ccc(C#N)cc2)[C@]2(C1)C(=O)N(c1cc(Cl)cc(Cl)c1)C(=O)N2C. The van der Waals surface area contributed by atoms with Crippen molar-refractivity contribution in [3.8, 4) is 6.07 Å². The number of nitrogens with one attached hydrogen (secondary N) is 1. The topological polar surface area (TPSA) is 123 Å². The molecule has 1 spiro atoms. The van der Waals surface area contributed by atoms with Crippen molar-refractivity contribution in [2.45, 2.75) is 24.3 Å². The number of hydrogen-bond donors (Lipinski definition) is 1. The molecule has 0 aromatic heterocycles. The maximum absolute atomic E-state index is 14.2. The van der Waals surface area contributed by atoms with E-state index in [9.17, 15) is 24.4 Å². The van der Waals surface area contributed by atoms with Crippen molar-refractivity contribution in [2.75, 3.05) is 45.2 Å². The first-order valence-corrected chi connectivity index (χ1v) is 13.0. The molecule has 2 heterocycles. The number of esters is 1. The van der Waals surface area contributed by atoms with Gasteiger partial charge in [0.15, 0.2) is 0 Å². The van der Waals surface area contributed by atoms with E-state index in [1.807, 2.05) is 4.90 Å². The third-order valence-corrected chi connectivity index (χ3v) is 7.59. The van der Waals surface area contributed by atoms with E-state index >= 15 is 0 Å². The van der Waals surface area contributed by atoms with Gasteiger partial charge >= 0.3 is 12.0 Å². The van der Waals surface area contributed by atoms with Crippen LogP contribution in [0.2, 0.25) is 10.0 Å². The quantitative estimate of drug-likeness (QED) is 0.293. The number of methoxy groups -OCH3 is 1. The van der Waals surface area contributed by atoms with Gasteiger partial charge in [0.1, 0.15) is 5.54 Å². The summed E-state index contributed by atoms with van der Waals surface area (Å²) in [5.41, 5.74) is 0.164. The van der Waals surface area contributed by atoms with Gasteiger partial charge < -0.3 is 15.0 Å². The molecule has 2 aliphatic rings. The number of nitriles is 1. The zero-order valence-corrected chi connectivity index (χ0v) is 23.0. The largest absolute Gasteiger partial charge is 0.469 e. The highest BCUT2D eigenvalue weighted by molar-refractivity contribution is 6.35. The number of anilines is 1. The summed E-state index contributed by atoms with van der Waals surface area (Å²) in [6, 6.07) is 12.9. The number of carbonyl (C=O) groups is 4. The van der Waals surface area contributed by atoms with E-state index in [2.05, 4.69) is 16.1 Å². The van der Waals surface area contributed by atoms with E-state index in [4.69, 9.17) is 23.2 Å². The number of benzene rings is 2. The molecule has 0 saturated carbocycles. The minimum Gasteiger partial charge on any atom is -0.469 e. The van der Waals surface area contributed by atoms with E-state index in [-0.39, 0.29) is 47.1 Å². The Morgan fingerprint density at radius 2 is 1.82 bits per heavy atom. The number of imide groups is 1. The number of rotatable bonds is 8. The van der Waals surface area contributed by atoms with Crippen molar-refractivity contribution in [3.05, 3.63) is 63.6 Å². The van der Waals surface area contributed by atoms with Crippen LogP contribution in [0.25, 0.3) is 0 Å². The Hall–Kier alpha value is -3.65. The average molecular weight is 572 g/mol. The highest BCUT2D eigenvalue weighted by Crippen LogP contribution is 2.46. The van der Waals surface area contributed by atoms with Crippen LogP contribution in [0, 0.1) is 11.3 Å². The molecule has 204 valence electrons. The molecule has 1 N–H and O–H groups in total. The fraction of sp³-hybridized carbons (Fsp3) is 0.370. The Kier molecular flexibility index (Phi) is 8.45. The lowest BCUT2D eigenvalue weighted by molar-refractivity contribution is -0.140. The zero-order valence-electron chi connectivity index (χ0n) is 21.4. The van der Waals surface area contributed by atoms with Crippen LogP contribution in [0.5, 0.6) is 0 Å². The van der Waals surface area contributed by atoms with Crippen LogP contribution in [-0.2, 0) is 19.1 Å². The zero-order chi connectivity index (χ0) is 28.3. The Labute approximate surface area is 236 Å². The third kappa shape index (κ3) is 5.57. The number of likely N-dealkylation sites (N-methyl/N-ethyl adjacent to an activating group) is 1. The van der Waals surface area contributed by atoms with Gasteiger partial charge in [-0.1, -0.05) is 35.3 Å². The number of hydrogen-bond acceptors (Lipinski definition) is 7. The summed E-state index contributed by atoms with van der Waals surface area (Å²) in [6.07, 6.45) is 0.623. The fourth-order valence-electron chi connectivity index (χ4n) is 5.24. The standard InChI is InChI=1S/C27H27Cl2N5O5/c1-32-26(38)34(21-11-19(28)10-20(29)12-21)25(37)27(32)16-33(15-23(35)31-9-3-4-24(36)39-2)14-22(27)18-7-5-17(13-30)6-8-18/h5-8,10-12,22H,3-4,9,14-16H2,1-2H3,(H,31,35)/t22-,27+/m0/s1. The molecule has 0 bridgehead atoms. The minimum atomic E-state index is -1.31.